The summed E-state index contributed by atoms with van der Waals surface area (Å²) in [7, 11) is 0. The van der Waals surface area contributed by atoms with Crippen LogP contribution in [0.4, 0.5) is 4.39 Å². The molecule has 2 heterocycles. The third kappa shape index (κ3) is 4.03. The van der Waals surface area contributed by atoms with E-state index in [1.54, 1.807) is 0 Å². The van der Waals surface area contributed by atoms with Gasteiger partial charge < -0.3 is 14.2 Å². The van der Waals surface area contributed by atoms with E-state index < -0.39 is 6.67 Å². The van der Waals surface area contributed by atoms with Gasteiger partial charge in [0.2, 0.25) is 5.91 Å². The molecule has 6 heteroatoms. The molecule has 2 aromatic rings. The Morgan fingerprint density at radius 1 is 1.26 bits per heavy atom. The van der Waals surface area contributed by atoms with Crippen LogP contribution in [0.3, 0.4) is 0 Å². The van der Waals surface area contributed by atoms with Crippen molar-refractivity contribution in [3.05, 3.63) is 41.6 Å². The molecule has 5 nitrogen and oxygen atoms in total. The molecular weight excluding hydrogens is 393 g/mol. The van der Waals surface area contributed by atoms with Crippen molar-refractivity contribution in [3.63, 3.8) is 0 Å². The molecule has 1 amide bonds. The van der Waals surface area contributed by atoms with E-state index in [1.807, 2.05) is 18.7 Å². The van der Waals surface area contributed by atoms with E-state index in [0.29, 0.717) is 32.9 Å². The van der Waals surface area contributed by atoms with Gasteiger partial charge in [-0.3, -0.25) is 9.69 Å². The fourth-order valence-electron chi connectivity index (χ4n) is 5.20. The lowest BCUT2D eigenvalue weighted by molar-refractivity contribution is -0.134. The molecule has 1 aliphatic carbocycles. The highest BCUT2D eigenvalue weighted by Crippen LogP contribution is 2.42. The second kappa shape index (κ2) is 9.53. The fourth-order valence-corrected chi connectivity index (χ4v) is 5.20. The standard InChI is InChI=1S/C25H34FN3O2/c1-4-12-31-17-29-15-18-14-23-21(20-8-7-9-22(29)24(18)20)13-19(16-28(23)11-10-26)25(30)27(5-2)6-3/h7-9,13,15,19,23H,4-6,10-12,14,16-17H2,1-3H3/t19-,23-/m1/s1. The van der Waals surface area contributed by atoms with Crippen LogP contribution < -0.4 is 0 Å². The zero-order valence-corrected chi connectivity index (χ0v) is 18.9. The molecule has 1 aromatic heterocycles. The van der Waals surface area contributed by atoms with Crippen molar-refractivity contribution >= 4 is 22.4 Å². The average Bonchev–Trinajstić information content (AvgIpc) is 3.14. The van der Waals surface area contributed by atoms with Crippen molar-refractivity contribution in [1.29, 1.82) is 0 Å². The Labute approximate surface area is 184 Å². The van der Waals surface area contributed by atoms with Crippen LogP contribution in [0.1, 0.15) is 38.3 Å². The minimum atomic E-state index is -0.404. The van der Waals surface area contributed by atoms with Crippen LogP contribution in [0.15, 0.2) is 30.5 Å². The van der Waals surface area contributed by atoms with Crippen LogP contribution in [0.5, 0.6) is 0 Å². The summed E-state index contributed by atoms with van der Waals surface area (Å²) in [6.07, 6.45) is 6.20. The number of hydrogen-bond donors (Lipinski definition) is 0. The van der Waals surface area contributed by atoms with Gasteiger partial charge in [-0.25, -0.2) is 4.39 Å². The van der Waals surface area contributed by atoms with Gasteiger partial charge in [-0.15, -0.1) is 0 Å². The lowest BCUT2D eigenvalue weighted by Crippen LogP contribution is -2.49. The molecule has 0 fully saturated rings. The maximum atomic E-state index is 13.5. The van der Waals surface area contributed by atoms with Crippen molar-refractivity contribution < 1.29 is 13.9 Å². The van der Waals surface area contributed by atoms with Crippen LogP contribution in [-0.4, -0.2) is 65.8 Å². The van der Waals surface area contributed by atoms with Crippen LogP contribution in [0, 0.1) is 5.92 Å². The molecule has 168 valence electrons. The van der Waals surface area contributed by atoms with Gasteiger partial charge in [-0.2, -0.15) is 0 Å². The Kier molecular flexibility index (Phi) is 6.77. The van der Waals surface area contributed by atoms with Crippen LogP contribution in [0.2, 0.25) is 0 Å². The van der Waals surface area contributed by atoms with Crippen LogP contribution in [0.25, 0.3) is 16.5 Å². The largest absolute Gasteiger partial charge is 0.361 e. The normalized spacial score (nSPS) is 20.6. The van der Waals surface area contributed by atoms with Crippen molar-refractivity contribution in [2.75, 3.05) is 39.5 Å². The summed E-state index contributed by atoms with van der Waals surface area (Å²) in [6.45, 7) is 9.33. The number of halogens is 1. The highest BCUT2D eigenvalue weighted by molar-refractivity contribution is 5.99. The zero-order valence-electron chi connectivity index (χ0n) is 18.9. The lowest BCUT2D eigenvalue weighted by atomic mass is 9.79. The van der Waals surface area contributed by atoms with Crippen LogP contribution >= 0.6 is 0 Å². The topological polar surface area (TPSA) is 37.7 Å². The molecule has 0 saturated heterocycles. The number of alkyl halides is 1. The summed E-state index contributed by atoms with van der Waals surface area (Å²) in [5.41, 5.74) is 4.80. The first-order valence-electron chi connectivity index (χ1n) is 11.6. The minimum absolute atomic E-state index is 0.113. The summed E-state index contributed by atoms with van der Waals surface area (Å²) in [5, 5.41) is 1.25. The van der Waals surface area contributed by atoms with Gasteiger partial charge >= 0.3 is 0 Å². The van der Waals surface area contributed by atoms with Gasteiger partial charge in [-0.05, 0) is 49.5 Å². The summed E-state index contributed by atoms with van der Waals surface area (Å²) in [5.74, 6) is -0.0900. The van der Waals surface area contributed by atoms with Crippen molar-refractivity contribution in [3.8, 4) is 0 Å². The number of hydrogen-bond acceptors (Lipinski definition) is 3. The Morgan fingerprint density at radius 2 is 2.06 bits per heavy atom. The summed E-state index contributed by atoms with van der Waals surface area (Å²) >= 11 is 0. The number of nitrogens with zero attached hydrogens (tertiary/aromatic N) is 3. The molecule has 31 heavy (non-hydrogen) atoms. The average molecular weight is 428 g/mol. The van der Waals surface area contributed by atoms with E-state index >= 15 is 0 Å². The smallest absolute Gasteiger partial charge is 0.230 e. The zero-order chi connectivity index (χ0) is 22.0. The predicted octanol–water partition coefficient (Wildman–Crippen LogP) is 4.10. The van der Waals surface area contributed by atoms with E-state index in [2.05, 4.69) is 46.9 Å². The van der Waals surface area contributed by atoms with E-state index in [9.17, 15) is 9.18 Å². The van der Waals surface area contributed by atoms with Crippen LogP contribution in [-0.2, 0) is 22.7 Å². The van der Waals surface area contributed by atoms with E-state index in [4.69, 9.17) is 4.74 Å². The maximum absolute atomic E-state index is 13.5. The SMILES string of the molecule is CCCOCn1cc2c3c(cccc31)C1=C[C@@H](C(=O)N(CC)CC)CN(CCF)[C@@H]1C2. The molecule has 1 aromatic carbocycles. The highest BCUT2D eigenvalue weighted by Gasteiger charge is 2.38. The van der Waals surface area contributed by atoms with Gasteiger partial charge in [0.05, 0.1) is 11.4 Å². The minimum Gasteiger partial charge on any atom is -0.361 e. The third-order valence-corrected chi connectivity index (χ3v) is 6.66. The van der Waals surface area contributed by atoms with Crippen molar-refractivity contribution in [2.24, 2.45) is 5.92 Å². The molecule has 0 saturated carbocycles. The van der Waals surface area contributed by atoms with Gasteiger partial charge in [0.1, 0.15) is 13.4 Å². The number of fused-ring (bicyclic) bond motifs is 2. The first-order valence-corrected chi connectivity index (χ1v) is 11.6. The van der Waals surface area contributed by atoms with E-state index in [1.165, 1.54) is 22.1 Å². The Balaban J connectivity index is 1.76. The molecule has 0 unspecified atom stereocenters. The molecule has 0 N–H and O–H groups in total. The number of ether oxygens (including phenoxy) is 1. The Bertz CT molecular complexity index is 963. The molecule has 0 bridgehead atoms. The highest BCUT2D eigenvalue weighted by atomic mass is 19.1. The lowest BCUT2D eigenvalue weighted by Gasteiger charge is -2.42. The number of rotatable bonds is 9. The van der Waals surface area contributed by atoms with E-state index in [0.717, 1.165) is 25.0 Å². The molecule has 1 aliphatic heterocycles. The van der Waals surface area contributed by atoms with Gasteiger partial charge in [-0.1, -0.05) is 25.1 Å². The second-order valence-electron chi connectivity index (χ2n) is 8.50. The summed E-state index contributed by atoms with van der Waals surface area (Å²) in [6, 6.07) is 6.48. The summed E-state index contributed by atoms with van der Waals surface area (Å²) < 4.78 is 21.5. The Morgan fingerprint density at radius 3 is 2.77 bits per heavy atom. The number of aromatic nitrogens is 1. The second-order valence-corrected chi connectivity index (χ2v) is 8.50. The maximum Gasteiger partial charge on any atom is 0.230 e. The summed E-state index contributed by atoms with van der Waals surface area (Å²) in [4.78, 5) is 17.2. The monoisotopic (exact) mass is 427 g/mol. The predicted molar refractivity (Wildman–Crippen MR) is 123 cm³/mol. The first-order chi connectivity index (χ1) is 15.1. The number of amides is 1. The first kappa shape index (κ1) is 22.0. The molecule has 2 aliphatic rings. The van der Waals surface area contributed by atoms with Gasteiger partial charge in [0.25, 0.3) is 0 Å². The molecular formula is C25H34FN3O2. The fraction of sp³-hybridized carbons (Fsp3) is 0.560. The number of benzene rings is 1. The van der Waals surface area contributed by atoms with E-state index in [-0.39, 0.29) is 17.9 Å². The molecule has 0 radical (unpaired) electrons. The quantitative estimate of drug-likeness (QED) is 0.566. The van der Waals surface area contributed by atoms with Crippen molar-refractivity contribution in [1.82, 2.24) is 14.4 Å². The molecule has 2 atom stereocenters. The Hall–Kier alpha value is -2.18. The van der Waals surface area contributed by atoms with Gasteiger partial charge in [0.15, 0.2) is 0 Å². The van der Waals surface area contributed by atoms with Crippen molar-refractivity contribution in [2.45, 2.75) is 46.4 Å². The molecule has 0 spiro atoms. The van der Waals surface area contributed by atoms with Gasteiger partial charge in [0, 0.05) is 50.4 Å². The molecule has 4 rings (SSSR count). The third-order valence-electron chi connectivity index (χ3n) is 6.66. The number of carbonyl (C=O) groups is 1. The number of carbonyl (C=O) groups excluding carboxylic acids is 1.